The minimum absolute atomic E-state index is 0. The van der Waals surface area contributed by atoms with Crippen LogP contribution in [0.3, 0.4) is 0 Å². The first-order chi connectivity index (χ1) is 67.6. The molecule has 8 fully saturated rings. The molecule has 4 atom stereocenters. The molecule has 41 heteroatoms. The van der Waals surface area contributed by atoms with E-state index in [4.69, 9.17) is 45.7 Å². The standard InChI is InChI=1S/C26H33N3O7.C26H29N3O7.C21H25N3O5.C13H9BrN2O4.C13H21NO3.CH4.ClH.FH/c2*1-26(2,3)36-25(34)28-13-11-17(12-14-28)35-15-5-7-16-6-4-8-18-21(16)24(33)29(23(18)32)19-9-10-20(30)27-22(19)31;25-17-7-6-16(19(26)23-17)24-20(27)15-5-1-3-13(18(15)21(24)28)4-2-12-29-14-8-10-22-11-9-14;14-7-3-1-2-6-10(7)13(20)16(12(6)19)8-4-5-9(17)15-11(8)18;1-5-10-16-11-6-8-14(9-7-11)12(15)17-13(2,3)4;;;/h4,6,8,17,19H,5,7,9-15H2,1-3H3,(H,27,30,31);4,6,8,17,19H,9-15H2,1-3H3,(H,27,30,31);1,3,5,14,16,22H,2,4,6-12H2,(H,23,25,26);1-3,8H,4-5H2,(H,15,17,18);1,11H,6-10H2,2-4H3;1H4;2*1H/i;;;;;1T;;/hT. The number of terminal acetylenes is 1. The van der Waals surface area contributed by atoms with Gasteiger partial charge in [-0.3, -0.25) is 122 Å². The average Bonchev–Trinajstić information content (AvgIpc) is 1.62. The van der Waals surface area contributed by atoms with Crippen molar-refractivity contribution in [1.29, 1.82) is 1.45 Å². The summed E-state index contributed by atoms with van der Waals surface area (Å²) in [6, 6.07) is 16.2. The smallest absolute Gasteiger partial charge is 0.410 e. The third-order valence-electron chi connectivity index (χ3n) is 24.5. The van der Waals surface area contributed by atoms with Gasteiger partial charge < -0.3 is 53.2 Å². The maximum Gasteiger partial charge on any atom is 0.410 e. The molecular weight excluding hydrogens is 1920 g/mol. The maximum atomic E-state index is 13.2. The summed E-state index contributed by atoms with van der Waals surface area (Å²) < 4.78 is 58.6. The Hall–Kier alpha value is -12.6. The highest BCUT2D eigenvalue weighted by molar-refractivity contribution is 9.10. The number of fused-ring (bicyclic) bond motifs is 4. The summed E-state index contributed by atoms with van der Waals surface area (Å²) in [5.41, 5.74) is 2.63. The maximum absolute atomic E-state index is 13.2. The second-order valence-corrected chi connectivity index (χ2v) is 38.7. The number of carbonyl (C=O) groups excluding carboxylic acids is 19. The summed E-state index contributed by atoms with van der Waals surface area (Å²) in [5, 5.41) is 12.1. The van der Waals surface area contributed by atoms with Gasteiger partial charge in [-0.25, -0.2) is 14.4 Å². The van der Waals surface area contributed by atoms with E-state index in [1.165, 1.54) is 13.5 Å². The van der Waals surface area contributed by atoms with Crippen LogP contribution in [0.25, 0.3) is 0 Å². The van der Waals surface area contributed by atoms with E-state index in [-0.39, 0.29) is 153 Å². The Labute approximate surface area is 834 Å². The molecule has 12 heterocycles. The summed E-state index contributed by atoms with van der Waals surface area (Å²) >= 11 is 3.24. The van der Waals surface area contributed by atoms with E-state index in [1.807, 2.05) is 74.4 Å². The highest BCUT2D eigenvalue weighted by atomic mass is 79.9. The number of ether oxygens (including phenoxy) is 7. The lowest BCUT2D eigenvalue weighted by molar-refractivity contribution is -0.137. The highest BCUT2D eigenvalue weighted by Gasteiger charge is 2.51. The Morgan fingerprint density at radius 2 is 0.695 bits per heavy atom. The molecule has 141 heavy (non-hydrogen) atoms. The molecule has 8 saturated heterocycles. The van der Waals surface area contributed by atoms with Crippen LogP contribution in [-0.2, 0) is 84.4 Å². The van der Waals surface area contributed by atoms with Crippen molar-refractivity contribution >= 4 is 141 Å². The molecule has 16 rings (SSSR count). The lowest BCUT2D eigenvalue weighted by Crippen LogP contribution is -2.54. The molecule has 5 N–H and O–H groups in total. The number of nitrogens with zero attached hydrogens (tertiary/aromatic N) is 7. The van der Waals surface area contributed by atoms with Gasteiger partial charge in [-0.2, -0.15) is 0 Å². The zero-order valence-electron chi connectivity index (χ0n) is 82.7. The molecule has 4 aromatic rings. The van der Waals surface area contributed by atoms with Crippen molar-refractivity contribution in [3.63, 3.8) is 0 Å². The fraction of sp³-hybridized carbons (Fsp3) is 0.530. The average molecular weight is 2050 g/mol. The summed E-state index contributed by atoms with van der Waals surface area (Å²) in [4.78, 5) is 242. The van der Waals surface area contributed by atoms with Crippen molar-refractivity contribution in [2.24, 2.45) is 0 Å². The van der Waals surface area contributed by atoms with Gasteiger partial charge in [0.25, 0.3) is 48.7 Å². The Bertz CT molecular complexity index is 5580. The van der Waals surface area contributed by atoms with E-state index in [2.05, 4.69) is 61.7 Å². The molecule has 4 unspecified atom stereocenters. The molecule has 38 nitrogen and oxygen atoms in total. The lowest BCUT2D eigenvalue weighted by Gasteiger charge is -2.33. The largest absolute Gasteiger partial charge is 0.444 e. The minimum Gasteiger partial charge on any atom is -0.444 e. The van der Waals surface area contributed by atoms with Gasteiger partial charge in [0, 0.05) is 89.6 Å². The monoisotopic (exact) mass is 2040 g/mol. The normalized spacial score (nSPS) is 20.7. The molecule has 4 aromatic carbocycles. The van der Waals surface area contributed by atoms with Crippen molar-refractivity contribution in [3.05, 3.63) is 138 Å². The molecule has 19 amide bonds. The SMILES string of the molecule is C#CCOC1CCN(C(=O)OC(C)(C)C)CC1.CC(C)(C)OC(=O)N1CCC(OCC#Cc2cccc3c2C(=O)N(C2CCC(=O)NC2=O)C3=O)CC1.CC(C)(C)OC(=O)N1CCC(OCCCc2cccc3c2C(=O)N(C2CCC(=O)NC2=O)C3=O)CC1.Cl.O=C1CCC(N2C(=O)c3cccc(Br)c3C2=O)C(=O)N1.O=C1CCC(N2C(=O)c3cccc(CCCOC4CCNCC4)c3C2=O)C(=O)N1.[3H]C.[3H]F. The zero-order valence-corrected chi connectivity index (χ0v) is 83.1. The molecule has 0 radical (unpaired) electrons. The number of likely N-dealkylation sites (tertiary alicyclic amines) is 3. The number of rotatable bonds is 18. The molecule has 0 aliphatic carbocycles. The molecular formula is C100H123BrClFN12O26. The first-order valence-corrected chi connectivity index (χ1v) is 47.4. The number of hydrogen-bond donors (Lipinski definition) is 5. The van der Waals surface area contributed by atoms with Crippen LogP contribution < -0.4 is 26.6 Å². The van der Waals surface area contributed by atoms with E-state index < -0.39 is 124 Å². The van der Waals surface area contributed by atoms with Gasteiger partial charge in [-0.1, -0.05) is 61.6 Å². The van der Waals surface area contributed by atoms with Crippen molar-refractivity contribution in [2.75, 3.05) is 78.8 Å². The molecule has 12 aliphatic rings. The number of aryl methyl sites for hydroxylation is 2. The molecule has 0 saturated carbocycles. The number of imide groups is 8. The van der Waals surface area contributed by atoms with Crippen LogP contribution in [0.15, 0.2) is 77.3 Å². The van der Waals surface area contributed by atoms with Crippen molar-refractivity contribution in [3.8, 4) is 24.2 Å². The third kappa shape index (κ3) is 28.5. The Morgan fingerprint density at radius 3 is 1.02 bits per heavy atom. The van der Waals surface area contributed by atoms with E-state index >= 15 is 0 Å². The summed E-state index contributed by atoms with van der Waals surface area (Å²) in [5.74, 6) is 0.151. The summed E-state index contributed by atoms with van der Waals surface area (Å²) in [7, 11) is 1.25. The van der Waals surface area contributed by atoms with Crippen LogP contribution in [0, 0.1) is 24.2 Å². The Kier molecular flexibility index (Phi) is 38.4. The first-order valence-electron chi connectivity index (χ1n) is 48.0. The number of nitrogens with one attached hydrogen (secondary N) is 5. The second kappa shape index (κ2) is 49.7. The molecule has 12 aliphatic heterocycles. The topological polar surface area (TPSA) is 472 Å². The van der Waals surface area contributed by atoms with Gasteiger partial charge in [-0.05, 0) is 242 Å². The lowest BCUT2D eigenvalue weighted by atomic mass is 9.99. The predicted molar refractivity (Wildman–Crippen MR) is 511 cm³/mol. The Morgan fingerprint density at radius 1 is 0.404 bits per heavy atom. The van der Waals surface area contributed by atoms with Crippen LogP contribution >= 0.6 is 28.3 Å². The van der Waals surface area contributed by atoms with Crippen molar-refractivity contribution in [2.45, 2.75) is 264 Å². The first kappa shape index (κ1) is 109. The summed E-state index contributed by atoms with van der Waals surface area (Å²) in [6.45, 7) is 23.7. The molecule has 0 spiro atoms. The van der Waals surface area contributed by atoms with Crippen LogP contribution in [0.5, 0.6) is 0 Å². The molecule has 760 valence electrons. The number of piperidine rings is 8. The zero-order chi connectivity index (χ0) is 104. The van der Waals surface area contributed by atoms with E-state index in [0.29, 0.717) is 118 Å². The number of amides is 19. The fourth-order valence-corrected chi connectivity index (χ4v) is 18.3. The highest BCUT2D eigenvalue weighted by Crippen LogP contribution is 2.37. The number of halogens is 3. The fourth-order valence-electron chi connectivity index (χ4n) is 17.7. The van der Waals surface area contributed by atoms with Crippen LogP contribution in [0.2, 0.25) is 0 Å². The van der Waals surface area contributed by atoms with E-state index in [0.717, 1.165) is 88.8 Å². The van der Waals surface area contributed by atoms with Gasteiger partial charge in [0.1, 0.15) is 54.2 Å². The van der Waals surface area contributed by atoms with Crippen molar-refractivity contribution < 1.29 is 130 Å². The van der Waals surface area contributed by atoms with Crippen molar-refractivity contribution in [1.82, 2.24) is 60.9 Å². The Balaban J connectivity index is 0.000000202. The quantitative estimate of drug-likeness (QED) is 0.0268. The number of carbonyl (C=O) groups is 19. The summed E-state index contributed by atoms with van der Waals surface area (Å²) in [6.07, 6.45) is 14.7. The van der Waals surface area contributed by atoms with Crippen LogP contribution in [-0.4, -0.2) is 293 Å². The number of benzene rings is 4. The van der Waals surface area contributed by atoms with Gasteiger partial charge in [0.15, 0.2) is 0 Å². The van der Waals surface area contributed by atoms with Crippen LogP contribution in [0.4, 0.5) is 19.1 Å². The van der Waals surface area contributed by atoms with Crippen LogP contribution in [0.1, 0.15) is 286 Å². The molecule has 0 bridgehead atoms. The van der Waals surface area contributed by atoms with Gasteiger partial charge in [0.05, 0.1) is 68.9 Å². The van der Waals surface area contributed by atoms with Gasteiger partial charge in [-0.15, -0.1) is 18.8 Å². The number of hydrogen-bond acceptors (Lipinski definition) is 27. The molecule has 0 aromatic heterocycles. The predicted octanol–water partition coefficient (Wildman–Crippen LogP) is 9.18. The third-order valence-corrected chi connectivity index (χ3v) is 25.1. The van der Waals surface area contributed by atoms with Gasteiger partial charge in [0.2, 0.25) is 47.3 Å². The minimum atomic E-state index is -1.02. The van der Waals surface area contributed by atoms with E-state index in [9.17, 15) is 91.1 Å². The second-order valence-electron chi connectivity index (χ2n) is 37.9. The van der Waals surface area contributed by atoms with Gasteiger partial charge >= 0.3 is 18.3 Å². The van der Waals surface area contributed by atoms with E-state index in [1.54, 1.807) is 69.3 Å².